The number of rotatable bonds is 5. The largest absolute Gasteiger partial charge is 0.435 e. The van der Waals surface area contributed by atoms with Gasteiger partial charge in [0.05, 0.1) is 0 Å². The van der Waals surface area contributed by atoms with Crippen molar-refractivity contribution in [1.29, 1.82) is 0 Å². The molecule has 0 N–H and O–H groups in total. The van der Waals surface area contributed by atoms with Gasteiger partial charge in [0.1, 0.15) is 5.52 Å². The van der Waals surface area contributed by atoms with Gasteiger partial charge in [-0.05, 0) is 96.7 Å². The van der Waals surface area contributed by atoms with Gasteiger partial charge in [-0.3, -0.25) is 0 Å². The van der Waals surface area contributed by atoms with Gasteiger partial charge in [0.2, 0.25) is 5.89 Å². The monoisotopic (exact) mass is 768 g/mol. The van der Waals surface area contributed by atoms with Crippen molar-refractivity contribution in [1.82, 2.24) is 19.9 Å². The summed E-state index contributed by atoms with van der Waals surface area (Å²) in [5.74, 6) is 2.53. The number of benzene rings is 9. The third kappa shape index (κ3) is 5.40. The Morgan fingerprint density at radius 1 is 0.383 bits per heavy atom. The van der Waals surface area contributed by atoms with E-state index in [9.17, 15) is 0 Å². The number of oxazole rings is 1. The van der Waals surface area contributed by atoms with Crippen LogP contribution in [0.25, 0.3) is 111 Å². The van der Waals surface area contributed by atoms with Gasteiger partial charge in [0, 0.05) is 33.1 Å². The Labute approximate surface area is 346 Å². The zero-order valence-corrected chi connectivity index (χ0v) is 33.0. The molecule has 9 aromatic carbocycles. The Hall–Kier alpha value is -7.76. The molecule has 2 aromatic heterocycles. The molecule has 12 rings (SSSR count). The van der Waals surface area contributed by atoms with Gasteiger partial charge in [-0.25, -0.2) is 19.9 Å². The summed E-state index contributed by atoms with van der Waals surface area (Å²) in [6.07, 6.45) is 0. The van der Waals surface area contributed by atoms with Crippen LogP contribution in [0.1, 0.15) is 25.0 Å². The van der Waals surface area contributed by atoms with E-state index in [1.54, 1.807) is 0 Å². The summed E-state index contributed by atoms with van der Waals surface area (Å²) in [4.78, 5) is 20.6. The summed E-state index contributed by atoms with van der Waals surface area (Å²) in [5, 5.41) is 6.60. The molecule has 2 heterocycles. The minimum Gasteiger partial charge on any atom is -0.435 e. The maximum absolute atomic E-state index is 6.53. The van der Waals surface area contributed by atoms with Crippen molar-refractivity contribution < 1.29 is 4.42 Å². The first kappa shape index (κ1) is 34.3. The standard InChI is InChI=1S/C55H36N4O/c1-55(2)46-21-9-8-18-43(46)44-28-26-39(32-47(44)55)52-57-51(58-53(59-52)45-20-10-15-34-12-6-7-17-41(34)45)38-25-23-33-22-24-37(30-40(33)31-38)42-19-11-16-35-27-29-48-50(49(35)42)60-54(56-48)36-13-4-3-5-14-36/h3-32H,1-2H3. The van der Waals surface area contributed by atoms with Crippen LogP contribution in [-0.2, 0) is 5.41 Å². The number of nitrogens with zero attached hydrogens (tertiary/aromatic N) is 4. The number of hydrogen-bond donors (Lipinski definition) is 0. The van der Waals surface area contributed by atoms with Crippen molar-refractivity contribution in [3.05, 3.63) is 193 Å². The molecule has 60 heavy (non-hydrogen) atoms. The lowest BCUT2D eigenvalue weighted by Gasteiger charge is -2.21. The number of fused-ring (bicyclic) bond motifs is 8. The summed E-state index contributed by atoms with van der Waals surface area (Å²) in [7, 11) is 0. The van der Waals surface area contributed by atoms with Crippen LogP contribution in [0.4, 0.5) is 0 Å². The highest BCUT2D eigenvalue weighted by molar-refractivity contribution is 6.12. The van der Waals surface area contributed by atoms with Crippen LogP contribution in [0.15, 0.2) is 186 Å². The minimum absolute atomic E-state index is 0.153. The molecule has 0 spiro atoms. The van der Waals surface area contributed by atoms with Crippen LogP contribution in [0.5, 0.6) is 0 Å². The highest BCUT2D eigenvalue weighted by Gasteiger charge is 2.35. The van der Waals surface area contributed by atoms with Gasteiger partial charge in [-0.1, -0.05) is 159 Å². The maximum Gasteiger partial charge on any atom is 0.227 e. The quantitative estimate of drug-likeness (QED) is 0.174. The van der Waals surface area contributed by atoms with Crippen LogP contribution in [-0.4, -0.2) is 19.9 Å². The Bertz CT molecular complexity index is 3520. The maximum atomic E-state index is 6.53. The zero-order chi connectivity index (χ0) is 40.0. The summed E-state index contributed by atoms with van der Waals surface area (Å²) in [6, 6.07) is 63.9. The fraction of sp³-hybridized carbons (Fsp3) is 0.0545. The third-order valence-corrected chi connectivity index (χ3v) is 12.3. The van der Waals surface area contributed by atoms with Gasteiger partial charge in [0.25, 0.3) is 0 Å². The molecule has 1 aliphatic rings. The van der Waals surface area contributed by atoms with E-state index < -0.39 is 0 Å². The highest BCUT2D eigenvalue weighted by atomic mass is 16.3. The first-order valence-electron chi connectivity index (χ1n) is 20.4. The Kier molecular flexibility index (Phi) is 7.51. The molecule has 11 aromatic rings. The zero-order valence-electron chi connectivity index (χ0n) is 33.0. The predicted octanol–water partition coefficient (Wildman–Crippen LogP) is 14.1. The summed E-state index contributed by atoms with van der Waals surface area (Å²) in [6.45, 7) is 4.61. The fourth-order valence-electron chi connectivity index (χ4n) is 9.27. The minimum atomic E-state index is -0.153. The average molecular weight is 769 g/mol. The van der Waals surface area contributed by atoms with Gasteiger partial charge >= 0.3 is 0 Å². The lowest BCUT2D eigenvalue weighted by molar-refractivity contribution is 0.623. The van der Waals surface area contributed by atoms with Crippen LogP contribution in [0, 0.1) is 0 Å². The lowest BCUT2D eigenvalue weighted by Crippen LogP contribution is -2.15. The lowest BCUT2D eigenvalue weighted by atomic mass is 9.82. The van der Waals surface area contributed by atoms with E-state index in [-0.39, 0.29) is 5.41 Å². The van der Waals surface area contributed by atoms with Crippen molar-refractivity contribution in [3.63, 3.8) is 0 Å². The van der Waals surface area contributed by atoms with Crippen LogP contribution in [0.3, 0.4) is 0 Å². The smallest absolute Gasteiger partial charge is 0.227 e. The number of aromatic nitrogens is 4. The third-order valence-electron chi connectivity index (χ3n) is 12.3. The fourth-order valence-corrected chi connectivity index (χ4v) is 9.27. The van der Waals surface area contributed by atoms with E-state index in [4.69, 9.17) is 24.4 Å². The molecule has 5 heteroatoms. The van der Waals surface area contributed by atoms with Gasteiger partial charge in [0.15, 0.2) is 23.1 Å². The van der Waals surface area contributed by atoms with Crippen molar-refractivity contribution in [2.45, 2.75) is 19.3 Å². The normalized spacial score (nSPS) is 13.0. The molecule has 0 fully saturated rings. The van der Waals surface area contributed by atoms with Crippen LogP contribution < -0.4 is 0 Å². The Morgan fingerprint density at radius 2 is 1.00 bits per heavy atom. The van der Waals surface area contributed by atoms with Gasteiger partial charge in [-0.15, -0.1) is 0 Å². The summed E-state index contributed by atoms with van der Waals surface area (Å²) in [5.41, 5.74) is 12.6. The van der Waals surface area contributed by atoms with E-state index in [1.807, 2.05) is 36.4 Å². The van der Waals surface area contributed by atoms with E-state index in [2.05, 4.69) is 159 Å². The molecule has 0 amide bonds. The van der Waals surface area contributed by atoms with Crippen molar-refractivity contribution in [2.24, 2.45) is 0 Å². The predicted molar refractivity (Wildman–Crippen MR) is 245 cm³/mol. The Balaban J connectivity index is 1.02. The topological polar surface area (TPSA) is 64.7 Å². The molecular formula is C55H36N4O. The molecule has 0 bridgehead atoms. The molecule has 0 saturated heterocycles. The molecule has 0 saturated carbocycles. The summed E-state index contributed by atoms with van der Waals surface area (Å²) < 4.78 is 6.53. The van der Waals surface area contributed by atoms with E-state index in [0.717, 1.165) is 76.8 Å². The first-order valence-corrected chi connectivity index (χ1v) is 20.4. The molecular weight excluding hydrogens is 733 g/mol. The van der Waals surface area contributed by atoms with Crippen LogP contribution in [0.2, 0.25) is 0 Å². The van der Waals surface area contributed by atoms with Crippen molar-refractivity contribution in [2.75, 3.05) is 0 Å². The second-order valence-electron chi connectivity index (χ2n) is 16.2. The van der Waals surface area contributed by atoms with Crippen LogP contribution >= 0.6 is 0 Å². The van der Waals surface area contributed by atoms with E-state index in [0.29, 0.717) is 23.4 Å². The van der Waals surface area contributed by atoms with Gasteiger partial charge in [-0.2, -0.15) is 0 Å². The molecule has 5 nitrogen and oxygen atoms in total. The SMILES string of the molecule is CC1(C)c2ccccc2-c2ccc(-c3nc(-c4ccc5ccc(-c6cccc7ccc8nc(-c9ccccc9)oc8c67)cc5c4)nc(-c4cccc5ccccc45)n3)cc21. The second kappa shape index (κ2) is 13.1. The molecule has 0 radical (unpaired) electrons. The van der Waals surface area contributed by atoms with Gasteiger partial charge < -0.3 is 4.42 Å². The summed E-state index contributed by atoms with van der Waals surface area (Å²) >= 11 is 0. The molecule has 282 valence electrons. The number of hydrogen-bond acceptors (Lipinski definition) is 5. The molecule has 0 aliphatic heterocycles. The highest BCUT2D eigenvalue weighted by Crippen LogP contribution is 2.49. The average Bonchev–Trinajstić information content (AvgIpc) is 3.85. The van der Waals surface area contributed by atoms with Crippen molar-refractivity contribution in [3.8, 4) is 67.9 Å². The molecule has 1 aliphatic carbocycles. The van der Waals surface area contributed by atoms with Crippen molar-refractivity contribution >= 4 is 43.4 Å². The molecule has 0 unspecified atom stereocenters. The van der Waals surface area contributed by atoms with E-state index in [1.165, 1.54) is 22.3 Å². The van der Waals surface area contributed by atoms with E-state index >= 15 is 0 Å². The first-order chi connectivity index (χ1) is 29.5. The second-order valence-corrected chi connectivity index (χ2v) is 16.2. The Morgan fingerprint density at radius 3 is 1.87 bits per heavy atom. The molecule has 0 atom stereocenters.